The molecule has 1 fully saturated rings. The average Bonchev–Trinajstić information content (AvgIpc) is 2.96. The van der Waals surface area contributed by atoms with E-state index in [1.807, 2.05) is 12.1 Å². The standard InChI is InChI=1S/C15H21N3/c1-18-10-11(9-17-12-5-2-3-6-12)15-13(16)7-4-8-14(15)18/h4,7-8,10,12,17H,2-3,5-6,9,16H2,1H3. The van der Waals surface area contributed by atoms with Crippen LogP contribution in [0.1, 0.15) is 31.2 Å². The van der Waals surface area contributed by atoms with Gasteiger partial charge in [-0.2, -0.15) is 0 Å². The molecule has 3 N–H and O–H groups in total. The average molecular weight is 243 g/mol. The Hall–Kier alpha value is -1.48. The molecule has 0 unspecified atom stereocenters. The number of nitrogens with zero attached hydrogens (tertiary/aromatic N) is 1. The third kappa shape index (κ3) is 1.99. The third-order valence-corrected chi connectivity index (χ3v) is 4.06. The maximum absolute atomic E-state index is 6.11. The van der Waals surface area contributed by atoms with Crippen LogP contribution in [0.25, 0.3) is 10.9 Å². The van der Waals surface area contributed by atoms with Crippen molar-refractivity contribution in [1.29, 1.82) is 0 Å². The number of nitrogens with two attached hydrogens (primary N) is 1. The zero-order chi connectivity index (χ0) is 12.5. The lowest BCUT2D eigenvalue weighted by Gasteiger charge is -2.11. The molecule has 0 amide bonds. The van der Waals surface area contributed by atoms with Crippen molar-refractivity contribution >= 4 is 16.6 Å². The summed E-state index contributed by atoms with van der Waals surface area (Å²) in [5.41, 5.74) is 9.54. The van der Waals surface area contributed by atoms with Crippen molar-refractivity contribution in [1.82, 2.24) is 9.88 Å². The van der Waals surface area contributed by atoms with Gasteiger partial charge in [-0.3, -0.25) is 0 Å². The van der Waals surface area contributed by atoms with E-state index in [4.69, 9.17) is 5.73 Å². The highest BCUT2D eigenvalue weighted by molar-refractivity contribution is 5.94. The van der Waals surface area contributed by atoms with Crippen LogP contribution in [0.3, 0.4) is 0 Å². The predicted molar refractivity (Wildman–Crippen MR) is 76.4 cm³/mol. The van der Waals surface area contributed by atoms with E-state index in [9.17, 15) is 0 Å². The van der Waals surface area contributed by atoms with Crippen molar-refractivity contribution in [3.05, 3.63) is 30.0 Å². The van der Waals surface area contributed by atoms with Gasteiger partial charge in [-0.25, -0.2) is 0 Å². The summed E-state index contributed by atoms with van der Waals surface area (Å²) in [6.45, 7) is 0.927. The van der Waals surface area contributed by atoms with Crippen molar-refractivity contribution in [2.45, 2.75) is 38.3 Å². The lowest BCUT2D eigenvalue weighted by atomic mass is 10.1. The number of fused-ring (bicyclic) bond motifs is 1. The van der Waals surface area contributed by atoms with Gasteiger partial charge in [0.15, 0.2) is 0 Å². The summed E-state index contributed by atoms with van der Waals surface area (Å²) in [7, 11) is 2.08. The number of benzene rings is 1. The Kier molecular flexibility index (Phi) is 3.00. The first-order valence-corrected chi connectivity index (χ1v) is 6.81. The summed E-state index contributed by atoms with van der Waals surface area (Å²) in [5.74, 6) is 0. The van der Waals surface area contributed by atoms with Gasteiger partial charge in [0.1, 0.15) is 0 Å². The minimum atomic E-state index is 0.699. The molecular weight excluding hydrogens is 222 g/mol. The molecule has 3 heteroatoms. The maximum atomic E-state index is 6.11. The third-order valence-electron chi connectivity index (χ3n) is 4.06. The van der Waals surface area contributed by atoms with E-state index in [1.54, 1.807) is 0 Å². The molecule has 1 aliphatic carbocycles. The van der Waals surface area contributed by atoms with Crippen LogP contribution >= 0.6 is 0 Å². The molecule has 0 bridgehead atoms. The van der Waals surface area contributed by atoms with E-state index in [0.29, 0.717) is 6.04 Å². The van der Waals surface area contributed by atoms with Gasteiger partial charge in [-0.05, 0) is 30.5 Å². The number of nitrogen functional groups attached to an aromatic ring is 1. The van der Waals surface area contributed by atoms with Gasteiger partial charge in [-0.15, -0.1) is 0 Å². The highest BCUT2D eigenvalue weighted by atomic mass is 15.0. The second-order valence-electron chi connectivity index (χ2n) is 5.37. The molecular formula is C15H21N3. The van der Waals surface area contributed by atoms with Gasteiger partial charge >= 0.3 is 0 Å². The molecule has 1 aromatic heterocycles. The number of rotatable bonds is 3. The first-order valence-electron chi connectivity index (χ1n) is 6.81. The van der Waals surface area contributed by atoms with Crippen LogP contribution in [0, 0.1) is 0 Å². The first kappa shape index (κ1) is 11.6. The fraction of sp³-hybridized carbons (Fsp3) is 0.467. The van der Waals surface area contributed by atoms with E-state index in [0.717, 1.165) is 12.2 Å². The zero-order valence-electron chi connectivity index (χ0n) is 10.9. The van der Waals surface area contributed by atoms with Crippen molar-refractivity contribution < 1.29 is 0 Å². The molecule has 0 radical (unpaired) electrons. The molecule has 3 rings (SSSR count). The maximum Gasteiger partial charge on any atom is 0.0501 e. The summed E-state index contributed by atoms with van der Waals surface area (Å²) in [6, 6.07) is 6.84. The Morgan fingerprint density at radius 2 is 2.11 bits per heavy atom. The SMILES string of the molecule is Cn1cc(CNC2CCCC2)c2c(N)cccc21. The van der Waals surface area contributed by atoms with Gasteiger partial charge in [-0.1, -0.05) is 18.9 Å². The van der Waals surface area contributed by atoms with E-state index in [-0.39, 0.29) is 0 Å². The Balaban J connectivity index is 1.87. The molecule has 3 nitrogen and oxygen atoms in total. The second-order valence-corrected chi connectivity index (χ2v) is 5.37. The molecule has 1 aliphatic rings. The first-order chi connectivity index (χ1) is 8.75. The van der Waals surface area contributed by atoms with Crippen molar-refractivity contribution in [3.8, 4) is 0 Å². The quantitative estimate of drug-likeness (QED) is 0.814. The van der Waals surface area contributed by atoms with Crippen LogP contribution in [-0.2, 0) is 13.6 Å². The van der Waals surface area contributed by atoms with Gasteiger partial charge in [0.2, 0.25) is 0 Å². The van der Waals surface area contributed by atoms with E-state index < -0.39 is 0 Å². The fourth-order valence-electron chi connectivity index (χ4n) is 3.09. The number of aromatic nitrogens is 1. The lowest BCUT2D eigenvalue weighted by Crippen LogP contribution is -2.25. The number of hydrogen-bond donors (Lipinski definition) is 2. The van der Waals surface area contributed by atoms with E-state index >= 15 is 0 Å². The number of anilines is 1. The van der Waals surface area contributed by atoms with Crippen molar-refractivity contribution in [2.75, 3.05) is 5.73 Å². The van der Waals surface area contributed by atoms with Crippen LogP contribution in [0.4, 0.5) is 5.69 Å². The largest absolute Gasteiger partial charge is 0.398 e. The van der Waals surface area contributed by atoms with Crippen LogP contribution in [0.2, 0.25) is 0 Å². The summed E-state index contributed by atoms with van der Waals surface area (Å²) in [5, 5.41) is 4.88. The normalized spacial score (nSPS) is 16.7. The Bertz CT molecular complexity index is 550. The molecule has 96 valence electrons. The van der Waals surface area contributed by atoms with Crippen molar-refractivity contribution in [3.63, 3.8) is 0 Å². The van der Waals surface area contributed by atoms with Crippen LogP contribution in [0.5, 0.6) is 0 Å². The summed E-state index contributed by atoms with van der Waals surface area (Å²) >= 11 is 0. The monoisotopic (exact) mass is 243 g/mol. The molecule has 0 spiro atoms. The van der Waals surface area contributed by atoms with Crippen LogP contribution < -0.4 is 11.1 Å². The van der Waals surface area contributed by atoms with Gasteiger partial charge in [0.25, 0.3) is 0 Å². The Labute approximate surface area is 108 Å². The molecule has 0 atom stereocenters. The van der Waals surface area contributed by atoms with E-state index in [2.05, 4.69) is 29.2 Å². The van der Waals surface area contributed by atoms with Crippen molar-refractivity contribution in [2.24, 2.45) is 7.05 Å². The minimum absolute atomic E-state index is 0.699. The summed E-state index contributed by atoms with van der Waals surface area (Å²) < 4.78 is 2.16. The fourth-order valence-corrected chi connectivity index (χ4v) is 3.09. The molecule has 0 saturated heterocycles. The summed E-state index contributed by atoms with van der Waals surface area (Å²) in [4.78, 5) is 0. The second kappa shape index (κ2) is 4.65. The van der Waals surface area contributed by atoms with Crippen LogP contribution in [0.15, 0.2) is 24.4 Å². The van der Waals surface area contributed by atoms with Gasteiger partial charge < -0.3 is 15.6 Å². The molecule has 1 saturated carbocycles. The lowest BCUT2D eigenvalue weighted by molar-refractivity contribution is 0.525. The molecule has 18 heavy (non-hydrogen) atoms. The predicted octanol–water partition coefficient (Wildman–Crippen LogP) is 2.79. The minimum Gasteiger partial charge on any atom is -0.398 e. The number of hydrogen-bond acceptors (Lipinski definition) is 2. The molecule has 1 heterocycles. The molecule has 1 aromatic carbocycles. The highest BCUT2D eigenvalue weighted by Gasteiger charge is 2.15. The van der Waals surface area contributed by atoms with E-state index in [1.165, 1.54) is 42.1 Å². The zero-order valence-corrected chi connectivity index (χ0v) is 10.9. The van der Waals surface area contributed by atoms with Gasteiger partial charge in [0.05, 0.1) is 5.52 Å². The topological polar surface area (TPSA) is 43.0 Å². The number of aryl methyl sites for hydroxylation is 1. The smallest absolute Gasteiger partial charge is 0.0501 e. The Morgan fingerprint density at radius 1 is 1.33 bits per heavy atom. The Morgan fingerprint density at radius 3 is 2.89 bits per heavy atom. The van der Waals surface area contributed by atoms with Gasteiger partial charge in [0, 0.05) is 36.9 Å². The molecule has 2 aromatic rings. The highest BCUT2D eigenvalue weighted by Crippen LogP contribution is 2.27. The van der Waals surface area contributed by atoms with Crippen LogP contribution in [-0.4, -0.2) is 10.6 Å². The number of nitrogens with one attached hydrogen (secondary N) is 1. The summed E-state index contributed by atoms with van der Waals surface area (Å²) in [6.07, 6.45) is 7.58. The molecule has 0 aliphatic heterocycles.